The van der Waals surface area contributed by atoms with Crippen molar-refractivity contribution in [2.24, 2.45) is 0 Å². The van der Waals surface area contributed by atoms with Crippen molar-refractivity contribution in [3.63, 3.8) is 0 Å². The van der Waals surface area contributed by atoms with Crippen LogP contribution in [0.25, 0.3) is 0 Å². The first-order valence-corrected chi connectivity index (χ1v) is 13.5. The van der Waals surface area contributed by atoms with E-state index in [4.69, 9.17) is 32.7 Å². The average molecular weight is 544 g/mol. The molecular weight excluding hydrogens is 517 g/mol. The number of sulfonamides is 1. The van der Waals surface area contributed by atoms with Crippen LogP contribution in [0.1, 0.15) is 18.9 Å². The van der Waals surface area contributed by atoms with E-state index in [1.807, 2.05) is 0 Å². The van der Waals surface area contributed by atoms with Gasteiger partial charge in [-0.2, -0.15) is 0 Å². The van der Waals surface area contributed by atoms with Gasteiger partial charge in [-0.25, -0.2) is 8.42 Å². The van der Waals surface area contributed by atoms with Crippen molar-refractivity contribution in [1.82, 2.24) is 10.2 Å². The minimum absolute atomic E-state index is 0.0144. The standard InChI is InChI=1S/C23H27Cl2N3O6S/c1-4-19(23(30)26-2)27(13-15-5-6-16(24)11-18(15)25)22(29)14-28(35(3,31)32)17-7-8-20-21(12-17)34-10-9-33-20/h5-8,11-12,19H,4,9-10,13-14H2,1-3H3,(H,26,30). The number of nitrogens with one attached hydrogen (secondary N) is 1. The van der Waals surface area contributed by atoms with Crippen LogP contribution in [0.2, 0.25) is 10.0 Å². The Labute approximate surface area is 214 Å². The smallest absolute Gasteiger partial charge is 0.244 e. The van der Waals surface area contributed by atoms with Gasteiger partial charge in [0.05, 0.1) is 11.9 Å². The van der Waals surface area contributed by atoms with E-state index in [1.54, 1.807) is 31.2 Å². The van der Waals surface area contributed by atoms with E-state index in [1.165, 1.54) is 24.1 Å². The van der Waals surface area contributed by atoms with Crippen LogP contribution >= 0.6 is 23.2 Å². The Hall–Kier alpha value is -2.69. The second kappa shape index (κ2) is 11.4. The van der Waals surface area contributed by atoms with Crippen molar-refractivity contribution in [3.8, 4) is 11.5 Å². The molecule has 1 aliphatic heterocycles. The highest BCUT2D eigenvalue weighted by molar-refractivity contribution is 7.92. The number of ether oxygens (including phenoxy) is 2. The average Bonchev–Trinajstić information content (AvgIpc) is 2.82. The highest BCUT2D eigenvalue weighted by Crippen LogP contribution is 2.35. The van der Waals surface area contributed by atoms with Crippen LogP contribution in [-0.4, -0.2) is 64.2 Å². The number of benzene rings is 2. The molecule has 2 amide bonds. The molecule has 1 heterocycles. The molecule has 0 aliphatic carbocycles. The van der Waals surface area contributed by atoms with Crippen LogP contribution in [-0.2, 0) is 26.2 Å². The van der Waals surface area contributed by atoms with E-state index in [-0.39, 0.29) is 18.1 Å². The predicted octanol–water partition coefficient (Wildman–Crippen LogP) is 3.08. The Morgan fingerprint density at radius 3 is 2.37 bits per heavy atom. The molecule has 35 heavy (non-hydrogen) atoms. The van der Waals surface area contributed by atoms with Gasteiger partial charge in [0, 0.05) is 29.7 Å². The summed E-state index contributed by atoms with van der Waals surface area (Å²) in [5, 5.41) is 3.32. The lowest BCUT2D eigenvalue weighted by Crippen LogP contribution is -2.51. The number of carbonyl (C=O) groups is 2. The molecule has 0 aromatic heterocycles. The summed E-state index contributed by atoms with van der Waals surface area (Å²) in [6.07, 6.45) is 1.31. The lowest BCUT2D eigenvalue weighted by Gasteiger charge is -2.33. The summed E-state index contributed by atoms with van der Waals surface area (Å²) in [7, 11) is -2.40. The number of rotatable bonds is 9. The van der Waals surface area contributed by atoms with Crippen LogP contribution in [0.4, 0.5) is 5.69 Å². The second-order valence-electron chi connectivity index (χ2n) is 7.89. The maximum Gasteiger partial charge on any atom is 0.244 e. The van der Waals surface area contributed by atoms with Gasteiger partial charge in [-0.15, -0.1) is 0 Å². The van der Waals surface area contributed by atoms with Gasteiger partial charge in [0.2, 0.25) is 21.8 Å². The third kappa shape index (κ3) is 6.50. The highest BCUT2D eigenvalue weighted by atomic mass is 35.5. The van der Waals surface area contributed by atoms with E-state index in [9.17, 15) is 18.0 Å². The molecule has 1 aliphatic rings. The van der Waals surface area contributed by atoms with Crippen LogP contribution in [0.3, 0.4) is 0 Å². The van der Waals surface area contributed by atoms with Gasteiger partial charge in [0.25, 0.3) is 0 Å². The molecule has 0 fully saturated rings. The highest BCUT2D eigenvalue weighted by Gasteiger charge is 2.32. The summed E-state index contributed by atoms with van der Waals surface area (Å²) < 4.78 is 37.4. The molecule has 0 bridgehead atoms. The van der Waals surface area contributed by atoms with Crippen LogP contribution < -0.4 is 19.1 Å². The van der Waals surface area contributed by atoms with Crippen LogP contribution in [0.5, 0.6) is 11.5 Å². The van der Waals surface area contributed by atoms with E-state index >= 15 is 0 Å². The fourth-order valence-electron chi connectivity index (χ4n) is 3.72. The van der Waals surface area contributed by atoms with Crippen LogP contribution in [0, 0.1) is 0 Å². The van der Waals surface area contributed by atoms with Crippen molar-refractivity contribution in [3.05, 3.63) is 52.0 Å². The lowest BCUT2D eigenvalue weighted by atomic mass is 10.1. The SMILES string of the molecule is CCC(C(=O)NC)N(Cc1ccc(Cl)cc1Cl)C(=O)CN(c1ccc2c(c1)OCCO2)S(C)(=O)=O. The first-order chi connectivity index (χ1) is 16.5. The number of amides is 2. The number of fused-ring (bicyclic) bond motifs is 1. The zero-order valence-corrected chi connectivity index (χ0v) is 21.9. The molecule has 0 spiro atoms. The van der Waals surface area contributed by atoms with Gasteiger partial charge in [-0.3, -0.25) is 13.9 Å². The van der Waals surface area contributed by atoms with Crippen molar-refractivity contribution < 1.29 is 27.5 Å². The molecule has 1 unspecified atom stereocenters. The van der Waals surface area contributed by atoms with Crippen molar-refractivity contribution in [2.75, 3.05) is 37.4 Å². The summed E-state index contributed by atoms with van der Waals surface area (Å²) in [5.74, 6) is -0.0798. The Balaban J connectivity index is 1.97. The van der Waals surface area contributed by atoms with Gasteiger partial charge in [-0.05, 0) is 36.2 Å². The minimum atomic E-state index is -3.87. The number of carbonyl (C=O) groups excluding carboxylic acids is 2. The Morgan fingerprint density at radius 2 is 1.77 bits per heavy atom. The van der Waals surface area contributed by atoms with Crippen molar-refractivity contribution in [2.45, 2.75) is 25.9 Å². The number of hydrogen-bond donors (Lipinski definition) is 1. The number of nitrogens with zero attached hydrogens (tertiary/aromatic N) is 2. The van der Waals surface area contributed by atoms with E-state index in [0.717, 1.165) is 10.6 Å². The fourth-order valence-corrected chi connectivity index (χ4v) is 5.03. The number of hydrogen-bond acceptors (Lipinski definition) is 6. The molecule has 190 valence electrons. The quantitative estimate of drug-likeness (QED) is 0.521. The zero-order chi connectivity index (χ0) is 25.8. The molecule has 9 nitrogen and oxygen atoms in total. The van der Waals surface area contributed by atoms with Crippen molar-refractivity contribution in [1.29, 1.82) is 0 Å². The fraction of sp³-hybridized carbons (Fsp3) is 0.391. The van der Waals surface area contributed by atoms with Crippen LogP contribution in [0.15, 0.2) is 36.4 Å². The Kier molecular flexibility index (Phi) is 8.74. The van der Waals surface area contributed by atoms with Gasteiger partial charge in [0.15, 0.2) is 11.5 Å². The molecule has 0 saturated heterocycles. The Morgan fingerprint density at radius 1 is 1.09 bits per heavy atom. The summed E-state index contributed by atoms with van der Waals surface area (Å²) in [4.78, 5) is 27.5. The molecule has 2 aromatic rings. The molecular formula is C23H27Cl2N3O6S. The first-order valence-electron chi connectivity index (χ1n) is 10.9. The first kappa shape index (κ1) is 26.9. The molecule has 3 rings (SSSR count). The van der Waals surface area contributed by atoms with E-state index in [0.29, 0.717) is 46.7 Å². The van der Waals surface area contributed by atoms with Gasteiger partial charge in [-0.1, -0.05) is 36.2 Å². The number of halogens is 2. The molecule has 0 saturated carbocycles. The molecule has 2 aromatic carbocycles. The third-order valence-corrected chi connectivity index (χ3v) is 7.21. The van der Waals surface area contributed by atoms with Gasteiger partial charge >= 0.3 is 0 Å². The Bertz CT molecular complexity index is 1210. The molecule has 1 atom stereocenters. The van der Waals surface area contributed by atoms with Gasteiger partial charge < -0.3 is 19.7 Å². The second-order valence-corrected chi connectivity index (χ2v) is 10.6. The summed E-state index contributed by atoms with van der Waals surface area (Å²) in [6, 6.07) is 8.64. The molecule has 12 heteroatoms. The van der Waals surface area contributed by atoms with E-state index in [2.05, 4.69) is 5.32 Å². The minimum Gasteiger partial charge on any atom is -0.486 e. The largest absolute Gasteiger partial charge is 0.486 e. The van der Waals surface area contributed by atoms with Crippen molar-refractivity contribution >= 4 is 50.7 Å². The van der Waals surface area contributed by atoms with Gasteiger partial charge in [0.1, 0.15) is 25.8 Å². The zero-order valence-electron chi connectivity index (χ0n) is 19.6. The van der Waals surface area contributed by atoms with E-state index < -0.39 is 28.5 Å². The molecule has 1 N–H and O–H groups in total. The predicted molar refractivity (Wildman–Crippen MR) is 135 cm³/mol. The molecule has 0 radical (unpaired) electrons. The normalized spacial score (nSPS) is 13.6. The maximum absolute atomic E-state index is 13.6. The summed E-state index contributed by atoms with van der Waals surface area (Å²) in [5.41, 5.74) is 0.805. The number of likely N-dealkylation sites (N-methyl/N-ethyl adjacent to an activating group) is 1. The summed E-state index contributed by atoms with van der Waals surface area (Å²) >= 11 is 12.3. The topological polar surface area (TPSA) is 105 Å². The lowest BCUT2D eigenvalue weighted by molar-refractivity contribution is -0.140. The number of anilines is 1. The third-order valence-electron chi connectivity index (χ3n) is 5.48. The monoisotopic (exact) mass is 543 g/mol. The maximum atomic E-state index is 13.6. The summed E-state index contributed by atoms with van der Waals surface area (Å²) in [6.45, 7) is 1.93.